The molecule has 148 valence electrons. The van der Waals surface area contributed by atoms with Gasteiger partial charge in [-0.15, -0.1) is 0 Å². The van der Waals surface area contributed by atoms with E-state index in [2.05, 4.69) is 10.3 Å². The average molecular weight is 383 g/mol. The minimum absolute atomic E-state index is 0.0339. The number of methoxy groups -OCH3 is 1. The molecule has 0 aliphatic rings. The number of hydrogen-bond donors (Lipinski definition) is 2. The van der Waals surface area contributed by atoms with Gasteiger partial charge >= 0.3 is 0 Å². The maximum Gasteiger partial charge on any atom is 0.267 e. The van der Waals surface area contributed by atoms with Gasteiger partial charge in [-0.1, -0.05) is 6.07 Å². The van der Waals surface area contributed by atoms with E-state index in [-0.39, 0.29) is 28.6 Å². The van der Waals surface area contributed by atoms with Crippen LogP contribution in [0, 0.1) is 12.3 Å². The molecule has 0 aliphatic heterocycles. The van der Waals surface area contributed by atoms with Gasteiger partial charge in [0.2, 0.25) is 0 Å². The average Bonchev–Trinajstić information content (AvgIpc) is 2.64. The summed E-state index contributed by atoms with van der Waals surface area (Å²) in [5.41, 5.74) is 1.73. The number of ether oxygens (including phenoxy) is 1. The first kappa shape index (κ1) is 19.8. The highest BCUT2D eigenvalue weighted by Crippen LogP contribution is 2.13. The molecule has 0 saturated heterocycles. The van der Waals surface area contributed by atoms with E-state index in [0.29, 0.717) is 36.3 Å². The van der Waals surface area contributed by atoms with Crippen LogP contribution >= 0.6 is 0 Å². The van der Waals surface area contributed by atoms with E-state index in [1.165, 1.54) is 10.5 Å². The van der Waals surface area contributed by atoms with Gasteiger partial charge in [-0.25, -0.2) is 4.98 Å². The van der Waals surface area contributed by atoms with Crippen molar-refractivity contribution in [3.05, 3.63) is 51.4 Å². The molecule has 0 atom stereocenters. The highest BCUT2D eigenvalue weighted by atomic mass is 16.5. The quantitative estimate of drug-likeness (QED) is 0.499. The van der Waals surface area contributed by atoms with Crippen molar-refractivity contribution in [3.63, 3.8) is 0 Å². The van der Waals surface area contributed by atoms with Crippen molar-refractivity contribution < 1.29 is 9.53 Å². The Bertz CT molecular complexity index is 1160. The van der Waals surface area contributed by atoms with Crippen LogP contribution in [0.1, 0.15) is 36.2 Å². The summed E-state index contributed by atoms with van der Waals surface area (Å²) in [6, 6.07) is 5.07. The predicted octanol–water partition coefficient (Wildman–Crippen LogP) is 1.61. The van der Waals surface area contributed by atoms with Crippen molar-refractivity contribution in [2.75, 3.05) is 13.7 Å². The first-order chi connectivity index (χ1) is 13.3. The van der Waals surface area contributed by atoms with Crippen LogP contribution in [0.4, 0.5) is 0 Å². The van der Waals surface area contributed by atoms with Gasteiger partial charge in [0.1, 0.15) is 16.8 Å². The van der Waals surface area contributed by atoms with Crippen LogP contribution in [0.5, 0.6) is 0 Å². The Hall–Kier alpha value is -3.00. The molecule has 0 aromatic carbocycles. The van der Waals surface area contributed by atoms with Gasteiger partial charge in [0.15, 0.2) is 0 Å². The summed E-state index contributed by atoms with van der Waals surface area (Å²) in [4.78, 5) is 30.4. The molecule has 0 spiro atoms. The maximum atomic E-state index is 13.1. The molecule has 0 radical (unpaired) electrons. The maximum absolute atomic E-state index is 13.1. The van der Waals surface area contributed by atoms with Gasteiger partial charge in [0.05, 0.1) is 10.9 Å². The lowest BCUT2D eigenvalue weighted by molar-refractivity contribution is 0.0940. The molecule has 28 heavy (non-hydrogen) atoms. The summed E-state index contributed by atoms with van der Waals surface area (Å²) in [6.45, 7) is 6.50. The number of aryl methyl sites for hydroxylation is 2. The monoisotopic (exact) mass is 383 g/mol. The number of nitrogens with zero attached hydrogens (tertiary/aromatic N) is 3. The van der Waals surface area contributed by atoms with E-state index < -0.39 is 0 Å². The molecule has 3 aromatic rings. The summed E-state index contributed by atoms with van der Waals surface area (Å²) in [6.07, 6.45) is 2.29. The number of hydrogen-bond acceptors (Lipinski definition) is 5. The molecule has 3 aromatic heterocycles. The molecule has 1 amide bonds. The molecular formula is C20H25N5O3. The van der Waals surface area contributed by atoms with Gasteiger partial charge in [-0.2, -0.15) is 0 Å². The second-order valence-electron chi connectivity index (χ2n) is 7.07. The van der Waals surface area contributed by atoms with Crippen molar-refractivity contribution in [2.45, 2.75) is 39.8 Å². The molecule has 0 unspecified atom stereocenters. The fourth-order valence-corrected chi connectivity index (χ4v) is 3.19. The Morgan fingerprint density at radius 2 is 2.11 bits per heavy atom. The van der Waals surface area contributed by atoms with Crippen LogP contribution in [0.25, 0.3) is 16.7 Å². The first-order valence-electron chi connectivity index (χ1n) is 9.25. The summed E-state index contributed by atoms with van der Waals surface area (Å²) < 4.78 is 8.22. The van der Waals surface area contributed by atoms with Gasteiger partial charge in [0.25, 0.3) is 11.5 Å². The minimum Gasteiger partial charge on any atom is -0.385 e. The van der Waals surface area contributed by atoms with E-state index in [9.17, 15) is 9.59 Å². The van der Waals surface area contributed by atoms with Crippen LogP contribution in [0.15, 0.2) is 29.2 Å². The smallest absolute Gasteiger partial charge is 0.267 e. The summed E-state index contributed by atoms with van der Waals surface area (Å²) in [5.74, 6) is -0.379. The number of aromatic nitrogens is 3. The Kier molecular flexibility index (Phi) is 5.60. The normalized spacial score (nSPS) is 11.5. The van der Waals surface area contributed by atoms with E-state index in [1.807, 2.05) is 26.8 Å². The van der Waals surface area contributed by atoms with Crippen molar-refractivity contribution in [3.8, 4) is 0 Å². The lowest BCUT2D eigenvalue weighted by atomic mass is 10.1. The fourth-order valence-electron chi connectivity index (χ4n) is 3.19. The van der Waals surface area contributed by atoms with Gasteiger partial charge < -0.3 is 14.6 Å². The van der Waals surface area contributed by atoms with Crippen molar-refractivity contribution in [1.29, 1.82) is 5.41 Å². The molecule has 0 aliphatic carbocycles. The zero-order valence-electron chi connectivity index (χ0n) is 16.6. The SMILES string of the molecule is COCCCn1c(=N)c(C(=O)NC(C)C)cc2c(=O)n3cccc(C)c3nc21. The standard InChI is InChI=1S/C20H25N5O3/c1-12(2)22-19(26)14-11-15-18(24(16(14)21)9-6-10-28-4)23-17-13(3)7-5-8-25(17)20(15)27/h5,7-8,11-12,21H,6,9-10H2,1-4H3,(H,22,26). The second-order valence-corrected chi connectivity index (χ2v) is 7.07. The van der Waals surface area contributed by atoms with Gasteiger partial charge in [-0.05, 0) is 44.9 Å². The predicted molar refractivity (Wildman–Crippen MR) is 107 cm³/mol. The lowest BCUT2D eigenvalue weighted by Gasteiger charge is -2.16. The number of rotatable bonds is 6. The molecule has 3 heterocycles. The first-order valence-corrected chi connectivity index (χ1v) is 9.25. The van der Waals surface area contributed by atoms with E-state index in [1.54, 1.807) is 23.9 Å². The second kappa shape index (κ2) is 7.93. The topological polar surface area (TPSA) is 101 Å². The molecule has 8 nitrogen and oxygen atoms in total. The molecule has 2 N–H and O–H groups in total. The van der Waals surface area contributed by atoms with Crippen molar-refractivity contribution in [1.82, 2.24) is 19.3 Å². The van der Waals surface area contributed by atoms with Crippen LogP contribution in [0.2, 0.25) is 0 Å². The zero-order chi connectivity index (χ0) is 20.4. The molecule has 0 bridgehead atoms. The third-order valence-electron chi connectivity index (χ3n) is 4.53. The van der Waals surface area contributed by atoms with Crippen molar-refractivity contribution in [2.24, 2.45) is 0 Å². The highest BCUT2D eigenvalue weighted by molar-refractivity contribution is 5.97. The summed E-state index contributed by atoms with van der Waals surface area (Å²) >= 11 is 0. The Labute approximate surface area is 162 Å². The number of carbonyl (C=O) groups excluding carboxylic acids is 1. The molecule has 3 rings (SSSR count). The Morgan fingerprint density at radius 1 is 1.36 bits per heavy atom. The Morgan fingerprint density at radius 3 is 2.79 bits per heavy atom. The van der Waals surface area contributed by atoms with Crippen LogP contribution < -0.4 is 16.4 Å². The number of fused-ring (bicyclic) bond motifs is 2. The fraction of sp³-hybridized carbons (Fsp3) is 0.400. The molecular weight excluding hydrogens is 358 g/mol. The highest BCUT2D eigenvalue weighted by Gasteiger charge is 2.18. The number of amides is 1. The lowest BCUT2D eigenvalue weighted by Crippen LogP contribution is -2.37. The number of nitrogens with one attached hydrogen (secondary N) is 2. The van der Waals surface area contributed by atoms with Crippen LogP contribution in [-0.2, 0) is 11.3 Å². The molecule has 0 fully saturated rings. The van der Waals surface area contributed by atoms with Crippen molar-refractivity contribution >= 4 is 22.6 Å². The Balaban J connectivity index is 2.36. The minimum atomic E-state index is -0.379. The third kappa shape index (κ3) is 3.55. The van der Waals surface area contributed by atoms with E-state index in [4.69, 9.17) is 10.1 Å². The number of carbonyl (C=O) groups is 1. The summed E-state index contributed by atoms with van der Waals surface area (Å²) in [7, 11) is 1.61. The van der Waals surface area contributed by atoms with E-state index in [0.717, 1.165) is 5.56 Å². The van der Waals surface area contributed by atoms with Crippen LogP contribution in [0.3, 0.4) is 0 Å². The summed E-state index contributed by atoms with van der Waals surface area (Å²) in [5, 5.41) is 11.7. The molecule has 0 saturated carbocycles. The van der Waals surface area contributed by atoms with Crippen LogP contribution in [-0.4, -0.2) is 39.6 Å². The third-order valence-corrected chi connectivity index (χ3v) is 4.53. The van der Waals surface area contributed by atoms with E-state index >= 15 is 0 Å². The number of pyridine rings is 2. The zero-order valence-corrected chi connectivity index (χ0v) is 16.6. The van der Waals surface area contributed by atoms with Gasteiger partial charge in [0, 0.05) is 32.5 Å². The van der Waals surface area contributed by atoms with Gasteiger partial charge in [-0.3, -0.25) is 19.4 Å². The largest absolute Gasteiger partial charge is 0.385 e. The molecule has 8 heteroatoms.